The van der Waals surface area contributed by atoms with Crippen LogP contribution < -0.4 is 0 Å². The van der Waals surface area contributed by atoms with E-state index in [1.54, 1.807) is 11.2 Å². The lowest BCUT2D eigenvalue weighted by atomic mass is 10.0. The Labute approximate surface area is 116 Å². The average molecular weight is 281 g/mol. The Morgan fingerprint density at radius 2 is 1.84 bits per heavy atom. The normalized spacial score (nSPS) is 22.1. The summed E-state index contributed by atoms with van der Waals surface area (Å²) in [6.45, 7) is 4.44. The number of rotatable bonds is 3. The fraction of sp³-hybridized carbons (Fsp3) is 0.600. The van der Waals surface area contributed by atoms with Crippen molar-refractivity contribution in [1.82, 2.24) is 4.31 Å². The lowest BCUT2D eigenvalue weighted by Gasteiger charge is -2.29. The van der Waals surface area contributed by atoms with Gasteiger partial charge in [0.2, 0.25) is 10.0 Å². The number of hydrogen-bond acceptors (Lipinski definition) is 2. The maximum atomic E-state index is 12.3. The summed E-state index contributed by atoms with van der Waals surface area (Å²) >= 11 is 0. The Morgan fingerprint density at radius 3 is 2.47 bits per heavy atom. The molecule has 1 aliphatic heterocycles. The monoisotopic (exact) mass is 281 g/mol. The molecule has 19 heavy (non-hydrogen) atoms. The molecule has 0 bridgehead atoms. The Balaban J connectivity index is 2.35. The molecule has 1 atom stereocenters. The van der Waals surface area contributed by atoms with Crippen molar-refractivity contribution in [2.45, 2.75) is 45.6 Å². The first-order valence-electron chi connectivity index (χ1n) is 7.10. The third-order valence-electron chi connectivity index (χ3n) is 3.89. The van der Waals surface area contributed by atoms with Crippen LogP contribution in [0.2, 0.25) is 0 Å². The lowest BCUT2D eigenvalue weighted by molar-refractivity contribution is 0.329. The molecule has 0 spiro atoms. The lowest BCUT2D eigenvalue weighted by Crippen LogP contribution is -2.35. The molecule has 1 aromatic carbocycles. The first-order valence-corrected chi connectivity index (χ1v) is 8.71. The molecule has 0 aliphatic carbocycles. The van der Waals surface area contributed by atoms with E-state index in [1.165, 1.54) is 5.56 Å². The quantitative estimate of drug-likeness (QED) is 0.853. The maximum absolute atomic E-state index is 12.3. The van der Waals surface area contributed by atoms with Crippen molar-refractivity contribution < 1.29 is 8.42 Å². The highest BCUT2D eigenvalue weighted by Crippen LogP contribution is 2.32. The van der Waals surface area contributed by atoms with Gasteiger partial charge in [0.05, 0.1) is 5.75 Å². The van der Waals surface area contributed by atoms with Gasteiger partial charge < -0.3 is 0 Å². The standard InChI is InChI=1S/C15H23NO2S/c1-3-19(17,18)16-12-6-4-5-7-15(16)14-10-8-13(2)9-11-14/h8-11,15H,3-7,12H2,1-2H3/t15-/m0/s1. The van der Waals surface area contributed by atoms with Crippen molar-refractivity contribution in [3.63, 3.8) is 0 Å². The van der Waals surface area contributed by atoms with Gasteiger partial charge in [-0.2, -0.15) is 4.31 Å². The average Bonchev–Trinajstić information content (AvgIpc) is 2.66. The van der Waals surface area contributed by atoms with E-state index in [2.05, 4.69) is 31.2 Å². The van der Waals surface area contributed by atoms with Gasteiger partial charge in [-0.1, -0.05) is 42.7 Å². The van der Waals surface area contributed by atoms with Crippen LogP contribution in [0.4, 0.5) is 0 Å². The zero-order chi connectivity index (χ0) is 13.9. The molecule has 0 N–H and O–H groups in total. The summed E-state index contributed by atoms with van der Waals surface area (Å²) < 4.78 is 26.3. The maximum Gasteiger partial charge on any atom is 0.214 e. The minimum atomic E-state index is -3.12. The summed E-state index contributed by atoms with van der Waals surface area (Å²) in [6, 6.07) is 8.30. The van der Waals surface area contributed by atoms with Crippen LogP contribution in [0.1, 0.15) is 49.8 Å². The second kappa shape index (κ2) is 6.06. The van der Waals surface area contributed by atoms with E-state index in [0.29, 0.717) is 6.54 Å². The van der Waals surface area contributed by atoms with Crippen LogP contribution in [0.15, 0.2) is 24.3 Å². The topological polar surface area (TPSA) is 37.4 Å². The third-order valence-corrected chi connectivity index (χ3v) is 5.77. The molecule has 1 heterocycles. The molecule has 0 aromatic heterocycles. The minimum absolute atomic E-state index is 0.0213. The van der Waals surface area contributed by atoms with Crippen molar-refractivity contribution in [3.05, 3.63) is 35.4 Å². The summed E-state index contributed by atoms with van der Waals surface area (Å²) in [5.41, 5.74) is 2.34. The number of sulfonamides is 1. The fourth-order valence-electron chi connectivity index (χ4n) is 2.70. The van der Waals surface area contributed by atoms with Crippen molar-refractivity contribution in [2.24, 2.45) is 0 Å². The molecule has 0 radical (unpaired) electrons. The van der Waals surface area contributed by atoms with Crippen molar-refractivity contribution >= 4 is 10.0 Å². The Morgan fingerprint density at radius 1 is 1.16 bits per heavy atom. The highest BCUT2D eigenvalue weighted by atomic mass is 32.2. The molecule has 3 nitrogen and oxygen atoms in total. The highest BCUT2D eigenvalue weighted by molar-refractivity contribution is 7.89. The fourth-order valence-corrected chi connectivity index (χ4v) is 4.06. The number of hydrogen-bond donors (Lipinski definition) is 0. The van der Waals surface area contributed by atoms with Crippen LogP contribution in [0.25, 0.3) is 0 Å². The number of benzene rings is 1. The van der Waals surface area contributed by atoms with Crippen LogP contribution in [0.5, 0.6) is 0 Å². The van der Waals surface area contributed by atoms with Crippen molar-refractivity contribution in [1.29, 1.82) is 0 Å². The first-order chi connectivity index (χ1) is 9.04. The molecule has 1 aliphatic rings. The summed E-state index contributed by atoms with van der Waals surface area (Å²) in [5, 5.41) is 0. The predicted octanol–water partition coefficient (Wildman–Crippen LogP) is 3.26. The second-order valence-corrected chi connectivity index (χ2v) is 7.50. The van der Waals surface area contributed by atoms with Gasteiger partial charge in [-0.3, -0.25) is 0 Å². The Bertz CT molecular complexity index is 507. The van der Waals surface area contributed by atoms with Gasteiger partial charge in [-0.05, 0) is 32.3 Å². The summed E-state index contributed by atoms with van der Waals surface area (Å²) in [4.78, 5) is 0. The molecule has 2 rings (SSSR count). The van der Waals surface area contributed by atoms with Crippen LogP contribution in [0.3, 0.4) is 0 Å². The second-order valence-electron chi connectivity index (χ2n) is 5.29. The summed E-state index contributed by atoms with van der Waals surface area (Å²) in [6.07, 6.45) is 4.14. The predicted molar refractivity (Wildman–Crippen MR) is 78.6 cm³/mol. The van der Waals surface area contributed by atoms with Crippen molar-refractivity contribution in [3.8, 4) is 0 Å². The van der Waals surface area contributed by atoms with Gasteiger partial charge in [0.25, 0.3) is 0 Å². The minimum Gasteiger partial charge on any atom is -0.212 e. The highest BCUT2D eigenvalue weighted by Gasteiger charge is 2.30. The first kappa shape index (κ1) is 14.5. The molecule has 0 unspecified atom stereocenters. The van der Waals surface area contributed by atoms with Gasteiger partial charge in [-0.15, -0.1) is 0 Å². The van der Waals surface area contributed by atoms with Crippen LogP contribution in [-0.4, -0.2) is 25.0 Å². The zero-order valence-corrected chi connectivity index (χ0v) is 12.6. The van der Waals surface area contributed by atoms with Gasteiger partial charge >= 0.3 is 0 Å². The molecule has 1 saturated heterocycles. The zero-order valence-electron chi connectivity index (χ0n) is 11.8. The van der Waals surface area contributed by atoms with E-state index in [-0.39, 0.29) is 11.8 Å². The van der Waals surface area contributed by atoms with E-state index in [0.717, 1.165) is 31.2 Å². The number of nitrogens with zero attached hydrogens (tertiary/aromatic N) is 1. The molecule has 1 aromatic rings. The molecule has 1 fully saturated rings. The van der Waals surface area contributed by atoms with Crippen LogP contribution in [-0.2, 0) is 10.0 Å². The van der Waals surface area contributed by atoms with Crippen LogP contribution in [0, 0.1) is 6.92 Å². The Hall–Kier alpha value is -0.870. The van der Waals surface area contributed by atoms with E-state index in [1.807, 2.05) is 0 Å². The van der Waals surface area contributed by atoms with Crippen molar-refractivity contribution in [2.75, 3.05) is 12.3 Å². The molecular formula is C15H23NO2S. The molecule has 4 heteroatoms. The smallest absolute Gasteiger partial charge is 0.212 e. The Kier molecular flexibility index (Phi) is 4.63. The molecule has 106 valence electrons. The van der Waals surface area contributed by atoms with Gasteiger partial charge in [-0.25, -0.2) is 8.42 Å². The van der Waals surface area contributed by atoms with Gasteiger partial charge in [0.15, 0.2) is 0 Å². The largest absolute Gasteiger partial charge is 0.214 e. The molecular weight excluding hydrogens is 258 g/mol. The van der Waals surface area contributed by atoms with Gasteiger partial charge in [0.1, 0.15) is 0 Å². The van der Waals surface area contributed by atoms with Crippen LogP contribution >= 0.6 is 0 Å². The number of aryl methyl sites for hydroxylation is 1. The molecule has 0 amide bonds. The SMILES string of the molecule is CCS(=O)(=O)N1CCCCC[C@H]1c1ccc(C)cc1. The summed E-state index contributed by atoms with van der Waals surface area (Å²) in [7, 11) is -3.12. The van der Waals surface area contributed by atoms with E-state index in [9.17, 15) is 8.42 Å². The van der Waals surface area contributed by atoms with Gasteiger partial charge in [0, 0.05) is 12.6 Å². The van der Waals surface area contributed by atoms with E-state index >= 15 is 0 Å². The third kappa shape index (κ3) is 3.37. The van der Waals surface area contributed by atoms with E-state index in [4.69, 9.17) is 0 Å². The summed E-state index contributed by atoms with van der Waals surface area (Å²) in [5.74, 6) is 0.190. The molecule has 0 saturated carbocycles. The van der Waals surface area contributed by atoms with E-state index < -0.39 is 10.0 Å².